The second-order valence-corrected chi connectivity index (χ2v) is 7.48. The number of carbonyl (C=O) groups is 1. The maximum atomic E-state index is 12.4. The fourth-order valence-corrected chi connectivity index (χ4v) is 3.80. The van der Waals surface area contributed by atoms with Gasteiger partial charge < -0.3 is 9.30 Å². The summed E-state index contributed by atoms with van der Waals surface area (Å²) < 4.78 is 7.12. The Morgan fingerprint density at radius 2 is 2.00 bits per heavy atom. The molecule has 0 fully saturated rings. The fourth-order valence-electron chi connectivity index (χ4n) is 3.80. The minimum absolute atomic E-state index is 0.373. The quantitative estimate of drug-likeness (QED) is 0.404. The second-order valence-electron chi connectivity index (χ2n) is 7.48. The maximum absolute atomic E-state index is 12.4. The number of esters is 1. The fraction of sp³-hybridized carbons (Fsp3) is 0.240. The molecule has 160 valence electrons. The molecular weight excluding hydrogens is 402 g/mol. The van der Waals surface area contributed by atoms with E-state index in [9.17, 15) is 10.1 Å². The van der Waals surface area contributed by atoms with E-state index in [1.54, 1.807) is 6.07 Å². The molecular formula is C25H23N5O2. The summed E-state index contributed by atoms with van der Waals surface area (Å²) in [5.74, 6) is 0.576. The van der Waals surface area contributed by atoms with Crippen LogP contribution >= 0.6 is 0 Å². The predicted molar refractivity (Wildman–Crippen MR) is 121 cm³/mol. The molecule has 0 atom stereocenters. The normalized spacial score (nSPS) is 10.8. The highest BCUT2D eigenvalue weighted by Gasteiger charge is 2.19. The molecule has 7 nitrogen and oxygen atoms in total. The Bertz CT molecular complexity index is 1300. The summed E-state index contributed by atoms with van der Waals surface area (Å²) in [6.07, 6.45) is 5.86. The molecule has 0 bridgehead atoms. The summed E-state index contributed by atoms with van der Waals surface area (Å²) in [5, 5.41) is 9.32. The summed E-state index contributed by atoms with van der Waals surface area (Å²) >= 11 is 0. The first-order valence-corrected chi connectivity index (χ1v) is 10.5. The summed E-state index contributed by atoms with van der Waals surface area (Å²) in [5.41, 5.74) is 5.04. The molecule has 2 aromatic carbocycles. The number of hydrogen-bond acceptors (Lipinski definition) is 6. The van der Waals surface area contributed by atoms with Crippen molar-refractivity contribution in [3.8, 4) is 17.3 Å². The van der Waals surface area contributed by atoms with E-state index in [1.807, 2.05) is 36.4 Å². The van der Waals surface area contributed by atoms with Crippen LogP contribution in [0.1, 0.15) is 47.1 Å². The molecule has 0 radical (unpaired) electrons. The van der Waals surface area contributed by atoms with Crippen molar-refractivity contribution in [2.75, 3.05) is 7.11 Å². The van der Waals surface area contributed by atoms with Crippen LogP contribution in [0.4, 0.5) is 0 Å². The number of imidazole rings is 1. The summed E-state index contributed by atoms with van der Waals surface area (Å²) in [6, 6.07) is 15.6. The molecule has 4 rings (SSSR count). The van der Waals surface area contributed by atoms with Crippen LogP contribution in [0.5, 0.6) is 0 Å². The lowest BCUT2D eigenvalue weighted by Crippen LogP contribution is -2.09. The van der Waals surface area contributed by atoms with Gasteiger partial charge >= 0.3 is 5.97 Å². The number of benzene rings is 2. The number of nitriles is 1. The van der Waals surface area contributed by atoms with Gasteiger partial charge in [-0.25, -0.2) is 19.7 Å². The highest BCUT2D eigenvalue weighted by Crippen LogP contribution is 2.25. The van der Waals surface area contributed by atoms with E-state index in [2.05, 4.69) is 27.5 Å². The predicted octanol–water partition coefficient (Wildman–Crippen LogP) is 4.54. The van der Waals surface area contributed by atoms with Crippen LogP contribution in [0, 0.1) is 11.3 Å². The first-order chi connectivity index (χ1) is 15.7. The number of hydrogen-bond donors (Lipinski definition) is 0. The number of ether oxygens (including phenoxy) is 1. The first kappa shape index (κ1) is 21.2. The highest BCUT2D eigenvalue weighted by atomic mass is 16.5. The van der Waals surface area contributed by atoms with E-state index >= 15 is 0 Å². The largest absolute Gasteiger partial charge is 0.465 e. The van der Waals surface area contributed by atoms with Gasteiger partial charge in [0.1, 0.15) is 18.2 Å². The average Bonchev–Trinajstić information content (AvgIpc) is 3.19. The zero-order chi connectivity index (χ0) is 22.5. The van der Waals surface area contributed by atoms with Crippen molar-refractivity contribution in [1.82, 2.24) is 19.5 Å². The van der Waals surface area contributed by atoms with Crippen LogP contribution in [0.15, 0.2) is 55.0 Å². The van der Waals surface area contributed by atoms with Crippen LogP contribution in [0.3, 0.4) is 0 Å². The third-order valence-corrected chi connectivity index (χ3v) is 5.41. The lowest BCUT2D eigenvalue weighted by Gasteiger charge is -2.12. The molecule has 0 aliphatic carbocycles. The lowest BCUT2D eigenvalue weighted by atomic mass is 10.1. The van der Waals surface area contributed by atoms with Crippen molar-refractivity contribution >= 4 is 17.0 Å². The minimum Gasteiger partial charge on any atom is -0.465 e. The lowest BCUT2D eigenvalue weighted by molar-refractivity contribution is 0.0602. The number of nitrogens with zero attached hydrogens (tertiary/aromatic N) is 5. The van der Waals surface area contributed by atoms with Crippen LogP contribution in [0.2, 0.25) is 0 Å². The molecule has 0 amide bonds. The molecule has 4 aromatic rings. The number of methoxy groups -OCH3 is 1. The molecule has 32 heavy (non-hydrogen) atoms. The van der Waals surface area contributed by atoms with Gasteiger partial charge in [-0.15, -0.1) is 0 Å². The van der Waals surface area contributed by atoms with Gasteiger partial charge in [-0.05, 0) is 24.1 Å². The van der Waals surface area contributed by atoms with Gasteiger partial charge in [0.2, 0.25) is 0 Å². The Labute approximate surface area is 186 Å². The molecule has 2 heterocycles. The monoisotopic (exact) mass is 425 g/mol. The molecule has 0 saturated carbocycles. The number of aromatic nitrogens is 4. The Morgan fingerprint density at radius 1 is 1.19 bits per heavy atom. The SMILES string of the molecule is CCCCc1nc2cccc(C(=O)OC)c2n1Cc1ccc(-c2ncncc2C#N)cc1. The van der Waals surface area contributed by atoms with Crippen molar-refractivity contribution in [3.05, 3.63) is 77.5 Å². The van der Waals surface area contributed by atoms with Crippen LogP contribution in [-0.2, 0) is 17.7 Å². The number of para-hydroxylation sites is 1. The van der Waals surface area contributed by atoms with Crippen molar-refractivity contribution in [2.45, 2.75) is 32.7 Å². The number of aryl methyl sites for hydroxylation is 1. The zero-order valence-electron chi connectivity index (χ0n) is 18.1. The molecule has 0 unspecified atom stereocenters. The second kappa shape index (κ2) is 9.40. The molecule has 7 heteroatoms. The topological polar surface area (TPSA) is 93.7 Å². The first-order valence-electron chi connectivity index (χ1n) is 10.5. The average molecular weight is 425 g/mol. The van der Waals surface area contributed by atoms with E-state index < -0.39 is 0 Å². The van der Waals surface area contributed by atoms with E-state index in [4.69, 9.17) is 9.72 Å². The van der Waals surface area contributed by atoms with E-state index in [-0.39, 0.29) is 5.97 Å². The standard InChI is InChI=1S/C25H23N5O2/c1-3-4-8-22-29-21-7-5-6-20(25(31)32-2)24(21)30(22)15-17-9-11-18(12-10-17)23-19(13-26)14-27-16-28-23/h5-7,9-12,14,16H,3-4,8,15H2,1-2H3. The van der Waals surface area contributed by atoms with Crippen LogP contribution in [-0.4, -0.2) is 32.6 Å². The number of unbranched alkanes of at least 4 members (excludes halogenated alkanes) is 1. The summed E-state index contributed by atoms with van der Waals surface area (Å²) in [4.78, 5) is 25.4. The molecule has 0 N–H and O–H groups in total. The smallest absolute Gasteiger partial charge is 0.340 e. The highest BCUT2D eigenvalue weighted by molar-refractivity contribution is 6.02. The van der Waals surface area contributed by atoms with Crippen molar-refractivity contribution < 1.29 is 9.53 Å². The van der Waals surface area contributed by atoms with Crippen LogP contribution in [0.25, 0.3) is 22.3 Å². The van der Waals surface area contributed by atoms with Gasteiger partial charge in [-0.2, -0.15) is 5.26 Å². The van der Waals surface area contributed by atoms with Gasteiger partial charge in [0.25, 0.3) is 0 Å². The summed E-state index contributed by atoms with van der Waals surface area (Å²) in [6.45, 7) is 2.72. The van der Waals surface area contributed by atoms with Gasteiger partial charge in [-0.3, -0.25) is 0 Å². The van der Waals surface area contributed by atoms with Crippen LogP contribution < -0.4 is 0 Å². The molecule has 0 aliphatic heterocycles. The third-order valence-electron chi connectivity index (χ3n) is 5.41. The zero-order valence-corrected chi connectivity index (χ0v) is 18.1. The van der Waals surface area contributed by atoms with E-state index in [0.717, 1.165) is 47.2 Å². The maximum Gasteiger partial charge on any atom is 0.340 e. The Hall–Kier alpha value is -4.05. The summed E-state index contributed by atoms with van der Waals surface area (Å²) in [7, 11) is 1.39. The van der Waals surface area contributed by atoms with Crippen molar-refractivity contribution in [1.29, 1.82) is 5.26 Å². The van der Waals surface area contributed by atoms with Gasteiger partial charge in [-0.1, -0.05) is 43.7 Å². The Balaban J connectivity index is 1.74. The number of fused-ring (bicyclic) bond motifs is 1. The molecule has 0 saturated heterocycles. The molecule has 2 aromatic heterocycles. The molecule has 0 spiro atoms. The van der Waals surface area contributed by atoms with E-state index in [0.29, 0.717) is 23.4 Å². The van der Waals surface area contributed by atoms with E-state index in [1.165, 1.54) is 19.6 Å². The third kappa shape index (κ3) is 4.08. The Morgan fingerprint density at radius 3 is 2.72 bits per heavy atom. The van der Waals surface area contributed by atoms with Gasteiger partial charge in [0.05, 0.1) is 35.0 Å². The molecule has 0 aliphatic rings. The number of carbonyl (C=O) groups excluding carboxylic acids is 1. The van der Waals surface area contributed by atoms with Crippen molar-refractivity contribution in [3.63, 3.8) is 0 Å². The Kier molecular flexibility index (Phi) is 6.22. The minimum atomic E-state index is -0.373. The van der Waals surface area contributed by atoms with Gasteiger partial charge in [0.15, 0.2) is 0 Å². The van der Waals surface area contributed by atoms with Crippen molar-refractivity contribution in [2.24, 2.45) is 0 Å². The number of rotatable bonds is 7. The van der Waals surface area contributed by atoms with Gasteiger partial charge in [0, 0.05) is 24.7 Å².